The van der Waals surface area contributed by atoms with E-state index in [-0.39, 0.29) is 12.5 Å². The summed E-state index contributed by atoms with van der Waals surface area (Å²) in [6.07, 6.45) is 3.67. The van der Waals surface area contributed by atoms with Gasteiger partial charge in [0.1, 0.15) is 18.1 Å². The number of piperazine rings is 1. The summed E-state index contributed by atoms with van der Waals surface area (Å²) in [6, 6.07) is 15.2. The van der Waals surface area contributed by atoms with E-state index in [0.29, 0.717) is 24.6 Å². The number of carbonyl (C=O) groups excluding carboxylic acids is 1. The lowest BCUT2D eigenvalue weighted by atomic mass is 10.2. The highest BCUT2D eigenvalue weighted by Crippen LogP contribution is 2.20. The van der Waals surface area contributed by atoms with E-state index >= 15 is 0 Å². The third-order valence-corrected chi connectivity index (χ3v) is 5.33. The largest absolute Gasteiger partial charge is 0.486 e. The monoisotopic (exact) mass is 455 g/mol. The first-order chi connectivity index (χ1) is 14.2. The Morgan fingerprint density at radius 2 is 1.97 bits per heavy atom. The summed E-state index contributed by atoms with van der Waals surface area (Å²) < 4.78 is 12.4. The Bertz CT molecular complexity index is 953. The van der Waals surface area contributed by atoms with Gasteiger partial charge in [0, 0.05) is 49.6 Å². The Kier molecular flexibility index (Phi) is 6.27. The number of benzene rings is 1. The highest BCUT2D eigenvalue weighted by molar-refractivity contribution is 9.10. The molecule has 29 heavy (non-hydrogen) atoms. The average Bonchev–Trinajstić information content (AvgIpc) is 3.22. The molecule has 150 valence electrons. The van der Waals surface area contributed by atoms with E-state index in [4.69, 9.17) is 9.15 Å². The van der Waals surface area contributed by atoms with Crippen molar-refractivity contribution in [1.82, 2.24) is 14.8 Å². The molecular formula is C22H22BrN3O3. The fourth-order valence-corrected chi connectivity index (χ4v) is 3.67. The lowest BCUT2D eigenvalue weighted by Gasteiger charge is -2.34. The summed E-state index contributed by atoms with van der Waals surface area (Å²) in [5.74, 6) is 1.66. The molecule has 3 aromatic rings. The number of halogens is 1. The minimum Gasteiger partial charge on any atom is -0.486 e. The third-order valence-electron chi connectivity index (χ3n) is 4.84. The summed E-state index contributed by atoms with van der Waals surface area (Å²) in [7, 11) is 0. The molecule has 0 saturated carbocycles. The Balaban J connectivity index is 1.28. The van der Waals surface area contributed by atoms with Gasteiger partial charge in [-0.25, -0.2) is 0 Å². The number of amides is 1. The molecule has 0 unspecified atom stereocenters. The molecular weight excluding hydrogens is 434 g/mol. The van der Waals surface area contributed by atoms with E-state index < -0.39 is 0 Å². The zero-order valence-corrected chi connectivity index (χ0v) is 17.5. The predicted molar refractivity (Wildman–Crippen MR) is 113 cm³/mol. The number of furan rings is 1. The van der Waals surface area contributed by atoms with Gasteiger partial charge in [-0.05, 0) is 42.0 Å². The Hall–Kier alpha value is -2.64. The normalized spacial score (nSPS) is 14.7. The van der Waals surface area contributed by atoms with Crippen LogP contribution in [0.15, 0.2) is 69.8 Å². The first kappa shape index (κ1) is 19.7. The van der Waals surface area contributed by atoms with Crippen molar-refractivity contribution in [2.75, 3.05) is 26.2 Å². The van der Waals surface area contributed by atoms with Gasteiger partial charge in [-0.1, -0.05) is 28.1 Å². The van der Waals surface area contributed by atoms with Gasteiger partial charge in [-0.3, -0.25) is 14.7 Å². The Labute approximate surface area is 178 Å². The summed E-state index contributed by atoms with van der Waals surface area (Å²) in [5, 5.41) is 0. The molecule has 1 amide bonds. The van der Waals surface area contributed by atoms with Gasteiger partial charge < -0.3 is 14.1 Å². The molecule has 0 spiro atoms. The number of pyridine rings is 1. The molecule has 0 atom stereocenters. The zero-order valence-electron chi connectivity index (χ0n) is 16.0. The standard InChI is InChI=1S/C22H22BrN3O3/c23-18-4-1-5-19(13-18)28-16-20-6-7-21(29-20)22(27)26-11-9-25(10-12-26)15-17-3-2-8-24-14-17/h1-8,13-14H,9-12,15-16H2. The molecule has 1 aromatic carbocycles. The molecule has 6 nitrogen and oxygen atoms in total. The van der Waals surface area contributed by atoms with Crippen LogP contribution in [-0.2, 0) is 13.2 Å². The lowest BCUT2D eigenvalue weighted by molar-refractivity contribution is 0.0594. The third kappa shape index (κ3) is 5.25. The van der Waals surface area contributed by atoms with Gasteiger partial charge in [-0.15, -0.1) is 0 Å². The second-order valence-corrected chi connectivity index (χ2v) is 7.86. The van der Waals surface area contributed by atoms with Crippen LogP contribution in [0.5, 0.6) is 5.75 Å². The van der Waals surface area contributed by atoms with Crippen LogP contribution in [0.3, 0.4) is 0 Å². The number of aromatic nitrogens is 1. The van der Waals surface area contributed by atoms with Crippen molar-refractivity contribution >= 4 is 21.8 Å². The summed E-state index contributed by atoms with van der Waals surface area (Å²) in [6.45, 7) is 4.17. The first-order valence-electron chi connectivity index (χ1n) is 9.55. The molecule has 1 fully saturated rings. The molecule has 1 aliphatic rings. The quantitative estimate of drug-likeness (QED) is 0.562. The summed E-state index contributed by atoms with van der Waals surface area (Å²) >= 11 is 3.42. The van der Waals surface area contributed by atoms with Crippen LogP contribution < -0.4 is 4.74 Å². The second kappa shape index (κ2) is 9.24. The highest BCUT2D eigenvalue weighted by Gasteiger charge is 2.24. The van der Waals surface area contributed by atoms with E-state index in [0.717, 1.165) is 29.9 Å². The number of rotatable bonds is 6. The zero-order chi connectivity index (χ0) is 20.1. The van der Waals surface area contributed by atoms with Crippen LogP contribution in [0.1, 0.15) is 21.9 Å². The van der Waals surface area contributed by atoms with Crippen molar-refractivity contribution in [2.45, 2.75) is 13.2 Å². The van der Waals surface area contributed by atoms with Crippen molar-refractivity contribution < 1.29 is 13.9 Å². The van der Waals surface area contributed by atoms with Crippen molar-refractivity contribution in [2.24, 2.45) is 0 Å². The van der Waals surface area contributed by atoms with Gasteiger partial charge in [0.2, 0.25) is 0 Å². The van der Waals surface area contributed by atoms with Gasteiger partial charge in [0.15, 0.2) is 5.76 Å². The molecule has 0 bridgehead atoms. The first-order valence-corrected chi connectivity index (χ1v) is 10.3. The molecule has 2 aromatic heterocycles. The summed E-state index contributed by atoms with van der Waals surface area (Å²) in [5.41, 5.74) is 1.19. The number of carbonyl (C=O) groups is 1. The maximum Gasteiger partial charge on any atom is 0.289 e. The maximum atomic E-state index is 12.8. The Morgan fingerprint density at radius 3 is 2.72 bits per heavy atom. The molecule has 1 saturated heterocycles. The van der Waals surface area contributed by atoms with Crippen molar-refractivity contribution in [3.8, 4) is 5.75 Å². The van der Waals surface area contributed by atoms with Crippen LogP contribution >= 0.6 is 15.9 Å². The van der Waals surface area contributed by atoms with Crippen molar-refractivity contribution in [1.29, 1.82) is 0 Å². The number of hydrogen-bond donors (Lipinski definition) is 0. The molecule has 4 rings (SSSR count). The maximum absolute atomic E-state index is 12.8. The predicted octanol–water partition coefficient (Wildman–Crippen LogP) is 3.97. The van der Waals surface area contributed by atoms with Crippen LogP contribution in [0.4, 0.5) is 0 Å². The second-order valence-electron chi connectivity index (χ2n) is 6.94. The highest BCUT2D eigenvalue weighted by atomic mass is 79.9. The van der Waals surface area contributed by atoms with Crippen molar-refractivity contribution in [3.05, 3.63) is 82.5 Å². The lowest BCUT2D eigenvalue weighted by Crippen LogP contribution is -2.48. The number of nitrogens with zero attached hydrogens (tertiary/aromatic N) is 3. The SMILES string of the molecule is O=C(c1ccc(COc2cccc(Br)c2)o1)N1CCN(Cc2cccnc2)CC1. The van der Waals surface area contributed by atoms with Crippen LogP contribution in [0.2, 0.25) is 0 Å². The van der Waals surface area contributed by atoms with E-state index in [2.05, 4.69) is 31.9 Å². The van der Waals surface area contributed by atoms with E-state index in [1.165, 1.54) is 5.56 Å². The molecule has 3 heterocycles. The molecule has 1 aliphatic heterocycles. The molecule has 7 heteroatoms. The van der Waals surface area contributed by atoms with Crippen molar-refractivity contribution in [3.63, 3.8) is 0 Å². The molecule has 0 N–H and O–H groups in total. The fourth-order valence-electron chi connectivity index (χ4n) is 3.30. The minimum atomic E-state index is -0.0697. The smallest absolute Gasteiger partial charge is 0.289 e. The summed E-state index contributed by atoms with van der Waals surface area (Å²) in [4.78, 5) is 21.1. The van der Waals surface area contributed by atoms with Crippen LogP contribution in [0, 0.1) is 0 Å². The van der Waals surface area contributed by atoms with E-state index in [1.807, 2.05) is 41.4 Å². The minimum absolute atomic E-state index is 0.0697. The fraction of sp³-hybridized carbons (Fsp3) is 0.273. The van der Waals surface area contributed by atoms with Crippen LogP contribution in [-0.4, -0.2) is 46.9 Å². The number of hydrogen-bond acceptors (Lipinski definition) is 5. The van der Waals surface area contributed by atoms with Gasteiger partial charge in [0.05, 0.1) is 0 Å². The van der Waals surface area contributed by atoms with Gasteiger partial charge in [-0.2, -0.15) is 0 Å². The van der Waals surface area contributed by atoms with E-state index in [9.17, 15) is 4.79 Å². The Morgan fingerprint density at radius 1 is 1.10 bits per heavy atom. The van der Waals surface area contributed by atoms with E-state index in [1.54, 1.807) is 18.3 Å². The van der Waals surface area contributed by atoms with Crippen LogP contribution in [0.25, 0.3) is 0 Å². The topological polar surface area (TPSA) is 58.8 Å². The molecule has 0 radical (unpaired) electrons. The van der Waals surface area contributed by atoms with Gasteiger partial charge >= 0.3 is 0 Å². The number of ether oxygens (including phenoxy) is 1. The van der Waals surface area contributed by atoms with Gasteiger partial charge in [0.25, 0.3) is 5.91 Å². The average molecular weight is 456 g/mol. The molecule has 0 aliphatic carbocycles.